The summed E-state index contributed by atoms with van der Waals surface area (Å²) in [6.07, 6.45) is 0. The van der Waals surface area contributed by atoms with E-state index >= 15 is 0 Å². The van der Waals surface area contributed by atoms with Gasteiger partial charge in [-0.2, -0.15) is 0 Å². The molecule has 1 aliphatic heterocycles. The molecule has 29 heavy (non-hydrogen) atoms. The molecule has 0 unspecified atom stereocenters. The lowest BCUT2D eigenvalue weighted by Gasteiger charge is -2.47. The zero-order chi connectivity index (χ0) is 22.4. The van der Waals surface area contributed by atoms with Crippen molar-refractivity contribution in [1.82, 2.24) is 0 Å². The van der Waals surface area contributed by atoms with Crippen molar-refractivity contribution >= 4 is 56.6 Å². The van der Waals surface area contributed by atoms with E-state index in [1.807, 2.05) is 18.2 Å². The van der Waals surface area contributed by atoms with Gasteiger partial charge in [0.2, 0.25) is 0 Å². The van der Waals surface area contributed by atoms with Gasteiger partial charge in [-0.15, -0.1) is 0 Å². The van der Waals surface area contributed by atoms with Crippen molar-refractivity contribution in [2.24, 2.45) is 0 Å². The fraction of sp³-hybridized carbons (Fsp3) is 0.647. The summed E-state index contributed by atoms with van der Waals surface area (Å²) in [7, 11) is -15.3. The zero-order valence-corrected chi connectivity index (χ0v) is 25.8. The van der Waals surface area contributed by atoms with E-state index in [9.17, 15) is 0 Å². The van der Waals surface area contributed by atoms with E-state index in [-0.39, 0.29) is 0 Å². The van der Waals surface area contributed by atoms with Crippen LogP contribution in [0, 0.1) is 0 Å². The van der Waals surface area contributed by atoms with Gasteiger partial charge >= 0.3 is 51.4 Å². The van der Waals surface area contributed by atoms with Crippen molar-refractivity contribution < 1.29 is 24.7 Å². The van der Waals surface area contributed by atoms with Gasteiger partial charge < -0.3 is 24.7 Å². The minimum Gasteiger partial charge on any atom is -0.416 e. The molecule has 0 N–H and O–H groups in total. The molecule has 0 saturated carbocycles. The van der Waals surface area contributed by atoms with Crippen molar-refractivity contribution in [3.05, 3.63) is 30.3 Å². The van der Waals surface area contributed by atoms with E-state index in [0.29, 0.717) is 0 Å². The van der Waals surface area contributed by atoms with Crippen molar-refractivity contribution in [3.8, 4) is 0 Å². The molecule has 0 aliphatic carbocycles. The fourth-order valence-electron chi connectivity index (χ4n) is 4.29. The molecule has 2 rings (SSSR count). The zero-order valence-electron chi connectivity index (χ0n) is 19.8. The van der Waals surface area contributed by atoms with Gasteiger partial charge in [0.05, 0.1) is 0 Å². The van der Waals surface area contributed by atoms with Crippen LogP contribution in [0.5, 0.6) is 0 Å². The predicted molar refractivity (Wildman–Crippen MR) is 132 cm³/mol. The molecule has 1 aromatic rings. The highest BCUT2D eigenvalue weighted by atomic mass is 28.5. The monoisotopic (exact) mass is 506 g/mol. The minimum absolute atomic E-state index is 1.08. The van der Waals surface area contributed by atoms with Gasteiger partial charge in [0.1, 0.15) is 0 Å². The summed E-state index contributed by atoms with van der Waals surface area (Å²) in [6.45, 7) is 22.9. The molecule has 0 spiro atoms. The summed E-state index contributed by atoms with van der Waals surface area (Å²) < 4.78 is 40.0. The second-order valence-corrected chi connectivity index (χ2v) is 31.3. The number of benzene rings is 1. The highest BCUT2D eigenvalue weighted by Gasteiger charge is 2.53. The Bertz CT molecular complexity index is 674. The van der Waals surface area contributed by atoms with Crippen LogP contribution in [0.2, 0.25) is 72.0 Å². The van der Waals surface area contributed by atoms with E-state index in [0.717, 1.165) is 5.19 Å². The molecule has 0 atom stereocenters. The molecule has 6 nitrogen and oxygen atoms in total. The van der Waals surface area contributed by atoms with Gasteiger partial charge in [-0.25, -0.2) is 0 Å². The summed E-state index contributed by atoms with van der Waals surface area (Å²) in [5.41, 5.74) is 0. The Morgan fingerprint density at radius 2 is 0.690 bits per heavy atom. The highest BCUT2D eigenvalue weighted by molar-refractivity contribution is 6.96. The molecular weight excluding hydrogens is 469 g/mol. The maximum absolute atomic E-state index is 6.82. The van der Waals surface area contributed by atoms with Gasteiger partial charge in [0, 0.05) is 0 Å². The lowest BCUT2D eigenvalue weighted by molar-refractivity contribution is 0.242. The van der Waals surface area contributed by atoms with Crippen molar-refractivity contribution in [2.45, 2.75) is 72.0 Å². The van der Waals surface area contributed by atoms with Crippen LogP contribution < -0.4 is 5.19 Å². The first-order valence-electron chi connectivity index (χ1n) is 10.1. The lowest BCUT2D eigenvalue weighted by atomic mass is 10.4. The lowest BCUT2D eigenvalue weighted by Crippen LogP contribution is -2.67. The Hall–Kier alpha value is 0.281. The number of rotatable bonds is 1. The Morgan fingerprint density at radius 3 is 1.00 bits per heavy atom. The van der Waals surface area contributed by atoms with Crippen LogP contribution in [0.3, 0.4) is 0 Å². The topological polar surface area (TPSA) is 55.4 Å². The van der Waals surface area contributed by atoms with Gasteiger partial charge in [-0.1, -0.05) is 30.3 Å². The highest BCUT2D eigenvalue weighted by Crippen LogP contribution is 2.31. The molecule has 1 aromatic carbocycles. The normalized spacial score (nSPS) is 28.0. The van der Waals surface area contributed by atoms with E-state index in [2.05, 4.69) is 84.1 Å². The second-order valence-electron chi connectivity index (χ2n) is 9.92. The molecule has 0 aromatic heterocycles. The fourth-order valence-corrected chi connectivity index (χ4v) is 35.7. The summed E-state index contributed by atoms with van der Waals surface area (Å²) in [4.78, 5) is 0. The van der Waals surface area contributed by atoms with Crippen molar-refractivity contribution in [1.29, 1.82) is 0 Å². The van der Waals surface area contributed by atoms with E-state index in [4.69, 9.17) is 24.7 Å². The molecule has 1 aliphatic rings. The largest absolute Gasteiger partial charge is 0.416 e. The summed E-state index contributed by atoms with van der Waals surface area (Å²) >= 11 is 0. The molecule has 12 heteroatoms. The Labute approximate surface area is 183 Å². The molecule has 166 valence electrons. The first-order valence-corrected chi connectivity index (χ1v) is 26.5. The Balaban J connectivity index is 2.53. The van der Waals surface area contributed by atoms with Crippen molar-refractivity contribution in [2.75, 3.05) is 0 Å². The van der Waals surface area contributed by atoms with Gasteiger partial charge in [0.15, 0.2) is 0 Å². The SMILES string of the molecule is C[Si]1(C)O[Si](C)(C)O[Si](C)(C)O[Si](C)(c2ccccc2)O[Si](C)(C)O[Si](C)(C)O1. The summed E-state index contributed by atoms with van der Waals surface area (Å²) in [6, 6.07) is 10.2. The summed E-state index contributed by atoms with van der Waals surface area (Å²) in [5, 5.41) is 1.08. The van der Waals surface area contributed by atoms with Crippen LogP contribution in [-0.4, -0.2) is 51.4 Å². The third-order valence-corrected chi connectivity index (χ3v) is 28.3. The third kappa shape index (κ3) is 7.73. The van der Waals surface area contributed by atoms with Crippen LogP contribution in [0.1, 0.15) is 0 Å². The predicted octanol–water partition coefficient (Wildman–Crippen LogP) is 4.59. The average molecular weight is 507 g/mol. The first kappa shape index (κ1) is 25.5. The first-order chi connectivity index (χ1) is 12.8. The second kappa shape index (κ2) is 8.33. The molecule has 0 amide bonds. The van der Waals surface area contributed by atoms with Crippen LogP contribution in [0.25, 0.3) is 0 Å². The smallest absolute Gasteiger partial charge is 0.351 e. The molecule has 1 heterocycles. The maximum Gasteiger partial charge on any atom is 0.351 e. The summed E-state index contributed by atoms with van der Waals surface area (Å²) in [5.74, 6) is 0. The quantitative estimate of drug-likeness (QED) is 0.519. The van der Waals surface area contributed by atoms with Crippen LogP contribution in [0.4, 0.5) is 0 Å². The number of hydrogen-bond donors (Lipinski definition) is 0. The average Bonchev–Trinajstić information content (AvgIpc) is 2.39. The maximum atomic E-state index is 6.82. The molecule has 0 bridgehead atoms. The van der Waals surface area contributed by atoms with Crippen LogP contribution in [0.15, 0.2) is 30.3 Å². The number of hydrogen-bond acceptors (Lipinski definition) is 6. The Kier molecular flexibility index (Phi) is 7.33. The van der Waals surface area contributed by atoms with E-state index < -0.39 is 51.4 Å². The molecule has 1 fully saturated rings. The van der Waals surface area contributed by atoms with Crippen molar-refractivity contribution in [3.63, 3.8) is 0 Å². The minimum atomic E-state index is -2.80. The van der Waals surface area contributed by atoms with Gasteiger partial charge in [0.25, 0.3) is 0 Å². The molecule has 1 saturated heterocycles. The van der Waals surface area contributed by atoms with E-state index in [1.165, 1.54) is 0 Å². The van der Waals surface area contributed by atoms with E-state index in [1.54, 1.807) is 0 Å². The van der Waals surface area contributed by atoms with Crippen LogP contribution in [-0.2, 0) is 24.7 Å². The molecular formula is C17H38O6Si6. The molecule has 0 radical (unpaired) electrons. The van der Waals surface area contributed by atoms with Gasteiger partial charge in [-0.3, -0.25) is 0 Å². The van der Waals surface area contributed by atoms with Crippen LogP contribution >= 0.6 is 0 Å². The third-order valence-electron chi connectivity index (χ3n) is 4.15. The Morgan fingerprint density at radius 1 is 0.414 bits per heavy atom. The van der Waals surface area contributed by atoms with Gasteiger partial charge in [-0.05, 0) is 77.2 Å². The standard InChI is InChI=1S/C17H38O6Si6/c1-24(2)18-25(3,4)20-27(7,8)22-29(11,17-15-13-12-14-16-17)23-28(9,10)21-26(5,6)19-24/h12-16H,1-11H3.